The van der Waals surface area contributed by atoms with Crippen molar-refractivity contribution in [3.63, 3.8) is 0 Å². The van der Waals surface area contributed by atoms with Crippen LogP contribution in [-0.4, -0.2) is 44.3 Å². The number of aliphatic hydroxyl groups is 4. The molecule has 4 nitrogen and oxygen atoms in total. The second kappa shape index (κ2) is 5.97. The monoisotopic (exact) mass is 388 g/mol. The second-order valence-electron chi connectivity index (χ2n) is 11.3. The van der Waals surface area contributed by atoms with Crippen LogP contribution in [0.25, 0.3) is 0 Å². The van der Waals surface area contributed by atoms with Gasteiger partial charge in [-0.1, -0.05) is 25.7 Å². The van der Waals surface area contributed by atoms with Gasteiger partial charge >= 0.3 is 0 Å². The molecule has 5 saturated carbocycles. The van der Waals surface area contributed by atoms with Crippen LogP contribution in [0.3, 0.4) is 0 Å². The zero-order valence-corrected chi connectivity index (χ0v) is 17.3. The summed E-state index contributed by atoms with van der Waals surface area (Å²) in [6, 6.07) is 0. The van der Waals surface area contributed by atoms with Crippen molar-refractivity contribution in [3.05, 3.63) is 0 Å². The number of hydrogen-bond donors (Lipinski definition) is 4. The van der Waals surface area contributed by atoms with Gasteiger partial charge in [-0.2, -0.15) is 0 Å². The Morgan fingerprint density at radius 3 is 2.36 bits per heavy atom. The first-order valence-corrected chi connectivity index (χ1v) is 11.4. The van der Waals surface area contributed by atoms with Crippen LogP contribution in [0.15, 0.2) is 0 Å². The van der Waals surface area contributed by atoms with Crippen molar-refractivity contribution in [2.24, 2.45) is 40.4 Å². The molecule has 28 heavy (non-hydrogen) atoms. The Labute approximate surface area is 168 Å². The Morgan fingerprint density at radius 1 is 0.929 bits per heavy atom. The summed E-state index contributed by atoms with van der Waals surface area (Å²) in [7, 11) is 0. The normalized spacial score (nSPS) is 59.6. The zero-order chi connectivity index (χ0) is 19.9. The van der Waals surface area contributed by atoms with Crippen molar-refractivity contribution >= 4 is 0 Å². The summed E-state index contributed by atoms with van der Waals surface area (Å²) < 4.78 is 0. The molecule has 5 aliphatic rings. The Balaban J connectivity index is 1.53. The fraction of sp³-hybridized carbons (Fsp3) is 0.917. The number of hydrogen-bond acceptors (Lipinski definition) is 4. The lowest BCUT2D eigenvalue weighted by Gasteiger charge is -2.65. The van der Waals surface area contributed by atoms with Crippen molar-refractivity contribution in [2.45, 2.75) is 88.9 Å². The highest BCUT2D eigenvalue weighted by Gasteiger charge is 2.74. The molecule has 156 valence electrons. The van der Waals surface area contributed by atoms with Gasteiger partial charge in [-0.3, -0.25) is 0 Å². The second-order valence-corrected chi connectivity index (χ2v) is 11.3. The number of aliphatic hydroxyl groups excluding tert-OH is 2. The summed E-state index contributed by atoms with van der Waals surface area (Å²) in [5, 5.41) is 42.8. The van der Waals surface area contributed by atoms with Crippen LogP contribution in [0.1, 0.15) is 71.6 Å². The molecule has 0 bridgehead atoms. The lowest BCUT2D eigenvalue weighted by Crippen LogP contribution is -2.65. The predicted octanol–water partition coefficient (Wildman–Crippen LogP) is 2.48. The minimum atomic E-state index is -0.768. The first-order chi connectivity index (χ1) is 13.2. The van der Waals surface area contributed by atoms with Crippen molar-refractivity contribution in [1.29, 1.82) is 0 Å². The molecular weight excluding hydrogens is 352 g/mol. The molecule has 4 heteroatoms. The van der Waals surface area contributed by atoms with E-state index in [1.807, 2.05) is 0 Å². The molecule has 0 radical (unpaired) electrons. The minimum Gasteiger partial charge on any atom is -0.393 e. The van der Waals surface area contributed by atoms with Gasteiger partial charge in [0.05, 0.1) is 17.3 Å². The molecule has 0 amide bonds. The van der Waals surface area contributed by atoms with Gasteiger partial charge < -0.3 is 20.4 Å². The van der Waals surface area contributed by atoms with Gasteiger partial charge in [-0.15, -0.1) is 0 Å². The lowest BCUT2D eigenvalue weighted by atomic mass is 9.42. The largest absolute Gasteiger partial charge is 0.393 e. The third-order valence-electron chi connectivity index (χ3n) is 10.5. The van der Waals surface area contributed by atoms with Crippen LogP contribution in [0, 0.1) is 52.3 Å². The van der Waals surface area contributed by atoms with Crippen molar-refractivity contribution in [1.82, 2.24) is 0 Å². The predicted molar refractivity (Wildman–Crippen MR) is 106 cm³/mol. The first kappa shape index (κ1) is 19.4. The van der Waals surface area contributed by atoms with Gasteiger partial charge in [0, 0.05) is 18.3 Å². The van der Waals surface area contributed by atoms with E-state index in [0.29, 0.717) is 18.3 Å². The molecule has 0 aromatic heterocycles. The third-order valence-corrected chi connectivity index (χ3v) is 10.5. The average Bonchev–Trinajstić information content (AvgIpc) is 2.76. The van der Waals surface area contributed by atoms with Crippen LogP contribution in [0.5, 0.6) is 0 Å². The SMILES string of the molecule is C[C@]12CC[C@H]3[C@@H](CC[C@]4(O)C[C@@H](O)CC[C@]34C)[C@@H]1[C@]1(O)CC[C@@H]1[C@H]2C#CCO. The maximum Gasteiger partial charge on any atom is 0.104 e. The molecule has 0 aliphatic heterocycles. The quantitative estimate of drug-likeness (QED) is 0.481. The highest BCUT2D eigenvalue weighted by molar-refractivity contribution is 5.28. The molecule has 5 aliphatic carbocycles. The van der Waals surface area contributed by atoms with E-state index in [1.165, 1.54) is 0 Å². The maximum absolute atomic E-state index is 11.8. The summed E-state index contributed by atoms with van der Waals surface area (Å²) in [4.78, 5) is 0. The van der Waals surface area contributed by atoms with Crippen LogP contribution in [0.4, 0.5) is 0 Å². The molecule has 0 aromatic carbocycles. The van der Waals surface area contributed by atoms with E-state index in [0.717, 1.165) is 51.4 Å². The lowest BCUT2D eigenvalue weighted by molar-refractivity contribution is -0.237. The molecule has 0 heterocycles. The molecule has 5 fully saturated rings. The van der Waals surface area contributed by atoms with Crippen LogP contribution >= 0.6 is 0 Å². The van der Waals surface area contributed by atoms with Gasteiger partial charge in [0.15, 0.2) is 0 Å². The molecular formula is C24H36O4. The summed E-state index contributed by atoms with van der Waals surface area (Å²) in [6.07, 6.45) is 7.49. The summed E-state index contributed by atoms with van der Waals surface area (Å²) in [6.45, 7) is 4.50. The number of rotatable bonds is 0. The molecule has 4 N–H and O–H groups in total. The molecule has 5 rings (SSSR count). The Morgan fingerprint density at radius 2 is 1.68 bits per heavy atom. The number of fused-ring (bicyclic) bond motifs is 7. The van der Waals surface area contributed by atoms with E-state index < -0.39 is 11.2 Å². The molecule has 0 aromatic rings. The van der Waals surface area contributed by atoms with Gasteiger partial charge in [0.25, 0.3) is 0 Å². The molecule has 0 unspecified atom stereocenters. The van der Waals surface area contributed by atoms with Crippen LogP contribution < -0.4 is 0 Å². The van der Waals surface area contributed by atoms with Gasteiger partial charge in [0.1, 0.15) is 6.61 Å². The van der Waals surface area contributed by atoms with Crippen molar-refractivity contribution < 1.29 is 20.4 Å². The highest BCUT2D eigenvalue weighted by Crippen LogP contribution is 2.74. The summed E-state index contributed by atoms with van der Waals surface area (Å²) >= 11 is 0. The Kier molecular flexibility index (Phi) is 4.13. The zero-order valence-electron chi connectivity index (χ0n) is 17.3. The summed E-state index contributed by atoms with van der Waals surface area (Å²) in [5.74, 6) is 7.76. The van der Waals surface area contributed by atoms with E-state index in [2.05, 4.69) is 25.7 Å². The molecule has 0 spiro atoms. The van der Waals surface area contributed by atoms with E-state index in [1.54, 1.807) is 0 Å². The summed E-state index contributed by atoms with van der Waals surface area (Å²) in [5.41, 5.74) is -1.55. The van der Waals surface area contributed by atoms with Gasteiger partial charge in [-0.05, 0) is 80.0 Å². The standard InChI is InChI=1S/C24H36O4/c1-21-9-7-17-16(6-11-23(27)14-15(26)5-10-22(17,23)2)20(21)24(28)12-8-19(24)18(21)4-3-13-25/h15-20,25-28H,5-14H2,1-2H3/t15-,16+,17-,18+,19+,20-,21+,22+,23-,24-/m0/s1. The average molecular weight is 389 g/mol. The van der Waals surface area contributed by atoms with Crippen LogP contribution in [-0.2, 0) is 0 Å². The topological polar surface area (TPSA) is 80.9 Å². The van der Waals surface area contributed by atoms with Crippen molar-refractivity contribution in [2.75, 3.05) is 6.61 Å². The fourth-order valence-electron chi connectivity index (χ4n) is 9.08. The maximum atomic E-state index is 11.8. The van der Waals surface area contributed by atoms with Crippen molar-refractivity contribution in [3.8, 4) is 11.8 Å². The van der Waals surface area contributed by atoms with Crippen LogP contribution in [0.2, 0.25) is 0 Å². The van der Waals surface area contributed by atoms with Gasteiger partial charge in [0.2, 0.25) is 0 Å². The first-order valence-electron chi connectivity index (χ1n) is 11.4. The van der Waals surface area contributed by atoms with E-state index >= 15 is 0 Å². The Hall–Kier alpha value is -0.600. The molecule has 0 saturated heterocycles. The smallest absolute Gasteiger partial charge is 0.104 e. The molecule has 10 atom stereocenters. The highest BCUT2D eigenvalue weighted by atomic mass is 16.3. The Bertz CT molecular complexity index is 726. The van der Waals surface area contributed by atoms with E-state index in [4.69, 9.17) is 0 Å². The van der Waals surface area contributed by atoms with Gasteiger partial charge in [-0.25, -0.2) is 0 Å². The minimum absolute atomic E-state index is 0.000744. The van der Waals surface area contributed by atoms with E-state index in [9.17, 15) is 20.4 Å². The third kappa shape index (κ3) is 2.17. The van der Waals surface area contributed by atoms with E-state index in [-0.39, 0.29) is 41.3 Å². The fourth-order valence-corrected chi connectivity index (χ4v) is 9.08.